The van der Waals surface area contributed by atoms with Crippen LogP contribution in [0.1, 0.15) is 25.5 Å². The monoisotopic (exact) mass is 298 g/mol. The molecule has 0 aliphatic carbocycles. The number of methoxy groups -OCH3 is 1. The lowest BCUT2D eigenvalue weighted by Crippen LogP contribution is -2.36. The third-order valence-corrected chi connectivity index (χ3v) is 3.56. The molecular weight excluding hydrogens is 276 g/mol. The SMILES string of the molecule is CCN(CC)CCNC(C(=O)OC)c1ccc(Cl)cc1. The van der Waals surface area contributed by atoms with Gasteiger partial charge in [-0.15, -0.1) is 0 Å². The molecule has 0 heterocycles. The Balaban J connectivity index is 2.66. The number of esters is 1. The van der Waals surface area contributed by atoms with E-state index in [9.17, 15) is 4.79 Å². The van der Waals surface area contributed by atoms with Crippen molar-refractivity contribution in [2.75, 3.05) is 33.3 Å². The molecule has 0 spiro atoms. The molecule has 1 unspecified atom stereocenters. The fourth-order valence-corrected chi connectivity index (χ4v) is 2.14. The van der Waals surface area contributed by atoms with E-state index < -0.39 is 6.04 Å². The standard InChI is InChI=1S/C15H23ClN2O2/c1-4-18(5-2)11-10-17-14(15(19)20-3)12-6-8-13(16)9-7-12/h6-9,14,17H,4-5,10-11H2,1-3H3. The molecule has 4 nitrogen and oxygen atoms in total. The molecule has 0 saturated carbocycles. The lowest BCUT2D eigenvalue weighted by atomic mass is 10.1. The highest BCUT2D eigenvalue weighted by Gasteiger charge is 2.20. The van der Waals surface area contributed by atoms with E-state index in [-0.39, 0.29) is 5.97 Å². The first-order chi connectivity index (χ1) is 9.62. The summed E-state index contributed by atoms with van der Waals surface area (Å²) in [7, 11) is 1.40. The van der Waals surface area contributed by atoms with Crippen LogP contribution in [-0.4, -0.2) is 44.2 Å². The van der Waals surface area contributed by atoms with Crippen molar-refractivity contribution >= 4 is 17.6 Å². The second kappa shape index (κ2) is 8.95. The van der Waals surface area contributed by atoms with Gasteiger partial charge in [-0.3, -0.25) is 5.32 Å². The third kappa shape index (κ3) is 5.12. The number of carbonyl (C=O) groups is 1. The molecule has 0 aliphatic rings. The van der Waals surface area contributed by atoms with Gasteiger partial charge in [0, 0.05) is 18.1 Å². The van der Waals surface area contributed by atoms with Gasteiger partial charge in [0.05, 0.1) is 7.11 Å². The van der Waals surface area contributed by atoms with Crippen LogP contribution in [0.3, 0.4) is 0 Å². The number of ether oxygens (including phenoxy) is 1. The van der Waals surface area contributed by atoms with Gasteiger partial charge in [0.2, 0.25) is 0 Å². The van der Waals surface area contributed by atoms with E-state index in [0.29, 0.717) is 5.02 Å². The molecular formula is C15H23ClN2O2. The van der Waals surface area contributed by atoms with Crippen LogP contribution in [0, 0.1) is 0 Å². The number of rotatable bonds is 8. The Morgan fingerprint density at radius 3 is 2.40 bits per heavy atom. The third-order valence-electron chi connectivity index (χ3n) is 3.31. The van der Waals surface area contributed by atoms with E-state index in [2.05, 4.69) is 24.1 Å². The Hall–Kier alpha value is -1.10. The van der Waals surface area contributed by atoms with E-state index in [1.54, 1.807) is 12.1 Å². The number of nitrogens with one attached hydrogen (secondary N) is 1. The number of carbonyl (C=O) groups excluding carboxylic acids is 1. The average molecular weight is 299 g/mol. The number of halogens is 1. The van der Waals surface area contributed by atoms with Crippen molar-refractivity contribution in [3.05, 3.63) is 34.9 Å². The highest BCUT2D eigenvalue weighted by Crippen LogP contribution is 2.17. The van der Waals surface area contributed by atoms with Crippen LogP contribution in [0.15, 0.2) is 24.3 Å². The quantitative estimate of drug-likeness (QED) is 0.749. The van der Waals surface area contributed by atoms with Gasteiger partial charge in [0.15, 0.2) is 0 Å². The summed E-state index contributed by atoms with van der Waals surface area (Å²) < 4.78 is 4.86. The summed E-state index contributed by atoms with van der Waals surface area (Å²) in [6, 6.07) is 6.79. The number of benzene rings is 1. The molecule has 0 bridgehead atoms. The molecule has 112 valence electrons. The van der Waals surface area contributed by atoms with E-state index >= 15 is 0 Å². The number of likely N-dealkylation sites (N-methyl/N-ethyl adjacent to an activating group) is 1. The highest BCUT2D eigenvalue weighted by molar-refractivity contribution is 6.30. The maximum absolute atomic E-state index is 11.9. The van der Waals surface area contributed by atoms with Gasteiger partial charge in [-0.05, 0) is 30.8 Å². The molecule has 1 atom stereocenters. The summed E-state index contributed by atoms with van der Waals surface area (Å²) in [5.74, 6) is -0.285. The summed E-state index contributed by atoms with van der Waals surface area (Å²) in [6.45, 7) is 7.88. The molecule has 0 aromatic heterocycles. The first-order valence-corrected chi connectivity index (χ1v) is 7.29. The number of nitrogens with zero attached hydrogens (tertiary/aromatic N) is 1. The highest BCUT2D eigenvalue weighted by atomic mass is 35.5. The fraction of sp³-hybridized carbons (Fsp3) is 0.533. The molecule has 0 radical (unpaired) electrons. The fourth-order valence-electron chi connectivity index (χ4n) is 2.02. The normalized spacial score (nSPS) is 12.4. The van der Waals surface area contributed by atoms with Crippen molar-refractivity contribution in [1.82, 2.24) is 10.2 Å². The number of hydrogen-bond acceptors (Lipinski definition) is 4. The van der Waals surface area contributed by atoms with Crippen molar-refractivity contribution in [2.45, 2.75) is 19.9 Å². The molecule has 1 rings (SSSR count). The van der Waals surface area contributed by atoms with Gasteiger partial charge in [-0.25, -0.2) is 4.79 Å². The zero-order valence-corrected chi connectivity index (χ0v) is 13.1. The Kier molecular flexibility index (Phi) is 7.59. The smallest absolute Gasteiger partial charge is 0.327 e. The summed E-state index contributed by atoms with van der Waals surface area (Å²) in [6.07, 6.45) is 0. The van der Waals surface area contributed by atoms with E-state index in [1.165, 1.54) is 7.11 Å². The lowest BCUT2D eigenvalue weighted by molar-refractivity contribution is -0.143. The largest absolute Gasteiger partial charge is 0.468 e. The summed E-state index contributed by atoms with van der Waals surface area (Å²) in [5.41, 5.74) is 0.862. The Labute approximate surface area is 126 Å². The van der Waals surface area contributed by atoms with Crippen molar-refractivity contribution in [2.24, 2.45) is 0 Å². The van der Waals surface area contributed by atoms with Crippen molar-refractivity contribution in [3.63, 3.8) is 0 Å². The maximum Gasteiger partial charge on any atom is 0.327 e. The van der Waals surface area contributed by atoms with Gasteiger partial charge in [-0.1, -0.05) is 37.6 Å². The van der Waals surface area contributed by atoms with Crippen molar-refractivity contribution in [1.29, 1.82) is 0 Å². The van der Waals surface area contributed by atoms with Gasteiger partial charge in [0.25, 0.3) is 0 Å². The average Bonchev–Trinajstić information content (AvgIpc) is 2.48. The molecule has 5 heteroatoms. The van der Waals surface area contributed by atoms with Gasteiger partial charge in [-0.2, -0.15) is 0 Å². The molecule has 0 amide bonds. The van der Waals surface area contributed by atoms with Crippen LogP contribution in [0.5, 0.6) is 0 Å². The maximum atomic E-state index is 11.9. The zero-order chi connectivity index (χ0) is 15.0. The van der Waals surface area contributed by atoms with Gasteiger partial charge >= 0.3 is 5.97 Å². The minimum absolute atomic E-state index is 0.285. The summed E-state index contributed by atoms with van der Waals surface area (Å²) in [4.78, 5) is 14.2. The summed E-state index contributed by atoms with van der Waals surface area (Å²) >= 11 is 5.87. The van der Waals surface area contributed by atoms with Gasteiger partial charge in [0.1, 0.15) is 6.04 Å². The Morgan fingerprint density at radius 1 is 1.30 bits per heavy atom. The molecule has 0 fully saturated rings. The van der Waals surface area contributed by atoms with Crippen molar-refractivity contribution < 1.29 is 9.53 Å². The lowest BCUT2D eigenvalue weighted by Gasteiger charge is -2.21. The first kappa shape index (κ1) is 17.0. The molecule has 0 aliphatic heterocycles. The van der Waals surface area contributed by atoms with Crippen LogP contribution in [0.2, 0.25) is 5.02 Å². The van der Waals surface area contributed by atoms with Crippen LogP contribution in [0.4, 0.5) is 0 Å². The molecule has 20 heavy (non-hydrogen) atoms. The predicted molar refractivity (Wildman–Crippen MR) is 82.0 cm³/mol. The zero-order valence-electron chi connectivity index (χ0n) is 12.4. The molecule has 1 N–H and O–H groups in total. The van der Waals surface area contributed by atoms with E-state index in [1.807, 2.05) is 12.1 Å². The molecule has 0 saturated heterocycles. The molecule has 1 aromatic carbocycles. The number of hydrogen-bond donors (Lipinski definition) is 1. The second-order valence-corrected chi connectivity index (χ2v) is 4.93. The van der Waals surface area contributed by atoms with Gasteiger partial charge < -0.3 is 9.64 Å². The summed E-state index contributed by atoms with van der Waals surface area (Å²) in [5, 5.41) is 3.90. The predicted octanol–water partition coefficient (Wildman–Crippen LogP) is 2.49. The topological polar surface area (TPSA) is 41.6 Å². The molecule has 1 aromatic rings. The van der Waals surface area contributed by atoms with E-state index in [0.717, 1.165) is 31.7 Å². The van der Waals surface area contributed by atoms with Crippen molar-refractivity contribution in [3.8, 4) is 0 Å². The minimum Gasteiger partial charge on any atom is -0.468 e. The van der Waals surface area contributed by atoms with Crippen LogP contribution in [-0.2, 0) is 9.53 Å². The van der Waals surface area contributed by atoms with Crippen LogP contribution in [0.25, 0.3) is 0 Å². The first-order valence-electron chi connectivity index (χ1n) is 6.91. The van der Waals surface area contributed by atoms with Crippen LogP contribution < -0.4 is 5.32 Å². The van der Waals surface area contributed by atoms with E-state index in [4.69, 9.17) is 16.3 Å². The minimum atomic E-state index is -0.451. The second-order valence-electron chi connectivity index (χ2n) is 4.49. The Bertz CT molecular complexity index is 405. The van der Waals surface area contributed by atoms with Crippen LogP contribution >= 0.6 is 11.6 Å². The Morgan fingerprint density at radius 2 is 1.90 bits per heavy atom.